The highest BCUT2D eigenvalue weighted by Gasteiger charge is 2.53. The highest BCUT2D eigenvalue weighted by Crippen LogP contribution is 2.48. The predicted octanol–water partition coefficient (Wildman–Crippen LogP) is 4.90. The summed E-state index contributed by atoms with van der Waals surface area (Å²) in [5.41, 5.74) is 0.760. The lowest BCUT2D eigenvalue weighted by atomic mass is 9.79. The van der Waals surface area contributed by atoms with Crippen LogP contribution in [0.5, 0.6) is 0 Å². The Balaban J connectivity index is 1.38. The summed E-state index contributed by atoms with van der Waals surface area (Å²) >= 11 is 3.58. The van der Waals surface area contributed by atoms with Gasteiger partial charge < -0.3 is 18.6 Å². The third-order valence-corrected chi connectivity index (χ3v) is 9.95. The molecule has 168 valence electrons. The molecule has 3 heterocycles. The molecule has 4 nitrogen and oxygen atoms in total. The molecule has 0 N–H and O–H groups in total. The maximum Gasteiger partial charge on any atom is 0.494 e. The molecule has 0 amide bonds. The van der Waals surface area contributed by atoms with Gasteiger partial charge in [0.2, 0.25) is 0 Å². The van der Waals surface area contributed by atoms with Gasteiger partial charge in [0.05, 0.1) is 22.4 Å². The molecule has 2 saturated heterocycles. The third-order valence-electron chi connectivity index (χ3n) is 7.43. The van der Waals surface area contributed by atoms with Gasteiger partial charge >= 0.3 is 14.2 Å². The zero-order valence-corrected chi connectivity index (χ0v) is 21.7. The molecule has 0 unspecified atom stereocenters. The smallest absolute Gasteiger partial charge is 0.399 e. The first-order valence-electron chi connectivity index (χ1n) is 11.1. The van der Waals surface area contributed by atoms with Gasteiger partial charge in [0.1, 0.15) is 0 Å². The zero-order valence-electron chi connectivity index (χ0n) is 20.1. The fraction of sp³-hybridized carbons (Fsp3) is 0.500. The van der Waals surface area contributed by atoms with Crippen LogP contribution in [-0.4, -0.2) is 36.6 Å². The summed E-state index contributed by atoms with van der Waals surface area (Å²) in [4.78, 5) is 4.96. The van der Waals surface area contributed by atoms with Crippen LogP contribution in [0, 0.1) is 0 Å². The van der Waals surface area contributed by atoms with Gasteiger partial charge in [0.25, 0.3) is 0 Å². The Morgan fingerprint density at radius 1 is 0.500 bits per heavy atom. The van der Waals surface area contributed by atoms with E-state index in [9.17, 15) is 0 Å². The molecule has 0 spiro atoms. The Kier molecular flexibility index (Phi) is 5.22. The van der Waals surface area contributed by atoms with Gasteiger partial charge in [-0.3, -0.25) is 0 Å². The Bertz CT molecular complexity index is 966. The summed E-state index contributed by atoms with van der Waals surface area (Å²) in [6.45, 7) is 16.7. The van der Waals surface area contributed by atoms with E-state index in [2.05, 4.69) is 91.8 Å². The zero-order chi connectivity index (χ0) is 23.1. The van der Waals surface area contributed by atoms with Crippen LogP contribution in [0.15, 0.2) is 56.0 Å². The van der Waals surface area contributed by atoms with Gasteiger partial charge in [-0.1, -0.05) is 35.7 Å². The van der Waals surface area contributed by atoms with Gasteiger partial charge in [-0.15, -0.1) is 0 Å². The molecule has 0 aromatic heterocycles. The fourth-order valence-electron chi connectivity index (χ4n) is 3.87. The van der Waals surface area contributed by atoms with E-state index in [0.29, 0.717) is 0 Å². The molecule has 3 aliphatic rings. The molecule has 0 saturated carbocycles. The van der Waals surface area contributed by atoms with Crippen molar-refractivity contribution >= 4 is 48.7 Å². The van der Waals surface area contributed by atoms with Crippen molar-refractivity contribution < 1.29 is 18.6 Å². The Morgan fingerprint density at radius 3 is 1.12 bits per heavy atom. The highest BCUT2D eigenvalue weighted by atomic mass is 32.2. The summed E-state index contributed by atoms with van der Waals surface area (Å²) in [5, 5.41) is 0. The average molecular weight is 468 g/mol. The van der Waals surface area contributed by atoms with Crippen LogP contribution < -0.4 is 10.9 Å². The Morgan fingerprint density at radius 2 is 0.812 bits per heavy atom. The number of benzene rings is 2. The minimum absolute atomic E-state index is 0.341. The van der Waals surface area contributed by atoms with Crippen LogP contribution in [0.4, 0.5) is 0 Å². The topological polar surface area (TPSA) is 36.9 Å². The van der Waals surface area contributed by atoms with Crippen molar-refractivity contribution in [3.8, 4) is 0 Å². The van der Waals surface area contributed by atoms with Gasteiger partial charge in [0.15, 0.2) is 0 Å². The Hall–Kier alpha value is -0.890. The first kappa shape index (κ1) is 22.9. The summed E-state index contributed by atoms with van der Waals surface area (Å²) in [7, 11) is -0.689. The summed E-state index contributed by atoms with van der Waals surface area (Å²) in [6, 6.07) is 13.0. The molecule has 5 rings (SSSR count). The average Bonchev–Trinajstić information content (AvgIpc) is 3.05. The van der Waals surface area contributed by atoms with Crippen LogP contribution in [0.25, 0.3) is 0 Å². The lowest BCUT2D eigenvalue weighted by Gasteiger charge is -2.32. The second kappa shape index (κ2) is 7.30. The fourth-order valence-corrected chi connectivity index (χ4v) is 6.16. The molecule has 2 aromatic carbocycles. The number of hydrogen-bond donors (Lipinski definition) is 0. The van der Waals surface area contributed by atoms with Crippen molar-refractivity contribution in [3.63, 3.8) is 0 Å². The maximum atomic E-state index is 6.25. The first-order chi connectivity index (χ1) is 14.8. The van der Waals surface area contributed by atoms with Crippen LogP contribution in [0.1, 0.15) is 55.4 Å². The van der Waals surface area contributed by atoms with Crippen molar-refractivity contribution in [1.82, 2.24) is 0 Å². The van der Waals surface area contributed by atoms with Gasteiger partial charge in [-0.2, -0.15) is 0 Å². The van der Waals surface area contributed by atoms with E-state index in [1.807, 2.05) is 0 Å². The van der Waals surface area contributed by atoms with E-state index >= 15 is 0 Å². The lowest BCUT2D eigenvalue weighted by Crippen LogP contribution is -2.41. The van der Waals surface area contributed by atoms with E-state index in [0.717, 1.165) is 10.9 Å². The quantitative estimate of drug-likeness (QED) is 0.499. The molecule has 32 heavy (non-hydrogen) atoms. The summed E-state index contributed by atoms with van der Waals surface area (Å²) in [5.74, 6) is 0. The normalized spacial score (nSPS) is 24.4. The lowest BCUT2D eigenvalue weighted by molar-refractivity contribution is 0.00578. The summed E-state index contributed by atoms with van der Waals surface area (Å²) in [6.07, 6.45) is 0. The molecule has 0 atom stereocenters. The number of fused-ring (bicyclic) bond motifs is 2. The molecule has 8 heteroatoms. The van der Waals surface area contributed by atoms with Crippen molar-refractivity contribution in [2.75, 3.05) is 0 Å². The first-order valence-corrected chi connectivity index (χ1v) is 12.8. The van der Waals surface area contributed by atoms with Gasteiger partial charge in [0, 0.05) is 19.6 Å². The molecule has 3 aliphatic heterocycles. The van der Waals surface area contributed by atoms with E-state index in [4.69, 9.17) is 18.6 Å². The van der Waals surface area contributed by atoms with Gasteiger partial charge in [-0.25, -0.2) is 0 Å². The second-order valence-electron chi connectivity index (χ2n) is 10.8. The SMILES string of the molecule is CC1(C)OB(c2ccc3c(c2)Sc2ccc(B4OC(C)(C)C(C)(C)O4)cc2S3)OC1(C)C. The van der Waals surface area contributed by atoms with Crippen LogP contribution in [-0.2, 0) is 18.6 Å². The van der Waals surface area contributed by atoms with Crippen molar-refractivity contribution in [1.29, 1.82) is 0 Å². The molecular formula is C24H30B2O4S2. The van der Waals surface area contributed by atoms with Crippen LogP contribution in [0.3, 0.4) is 0 Å². The van der Waals surface area contributed by atoms with E-state index < -0.39 is 0 Å². The van der Waals surface area contributed by atoms with E-state index in [1.165, 1.54) is 19.6 Å². The van der Waals surface area contributed by atoms with Crippen molar-refractivity contribution in [3.05, 3.63) is 36.4 Å². The number of rotatable bonds is 2. The molecule has 2 fully saturated rings. The maximum absolute atomic E-state index is 6.25. The molecule has 0 aliphatic carbocycles. The largest absolute Gasteiger partial charge is 0.494 e. The predicted molar refractivity (Wildman–Crippen MR) is 133 cm³/mol. The van der Waals surface area contributed by atoms with Crippen molar-refractivity contribution in [2.24, 2.45) is 0 Å². The molecule has 0 radical (unpaired) electrons. The Labute approximate surface area is 200 Å². The minimum Gasteiger partial charge on any atom is -0.399 e. The minimum atomic E-state index is -0.344. The van der Waals surface area contributed by atoms with E-state index in [1.54, 1.807) is 23.5 Å². The standard InChI is InChI=1S/C24H30B2O4S2/c1-21(2)22(3,4)28-25(27-21)15-9-11-17-19(13-15)31-18-12-10-16(14-20(18)32-17)26-29-23(5,6)24(7,8)30-26/h9-14H,1-8H3. The van der Waals surface area contributed by atoms with Crippen molar-refractivity contribution in [2.45, 2.75) is 97.4 Å². The number of hydrogen-bond acceptors (Lipinski definition) is 6. The third kappa shape index (κ3) is 3.68. The van der Waals surface area contributed by atoms with Gasteiger partial charge in [-0.05, 0) is 90.6 Å². The summed E-state index contributed by atoms with van der Waals surface area (Å²) < 4.78 is 25.0. The molecule has 0 bridgehead atoms. The molecular weight excluding hydrogens is 438 g/mol. The monoisotopic (exact) mass is 468 g/mol. The van der Waals surface area contributed by atoms with Crippen LogP contribution in [0.2, 0.25) is 0 Å². The second-order valence-corrected chi connectivity index (χ2v) is 13.0. The van der Waals surface area contributed by atoms with E-state index in [-0.39, 0.29) is 36.6 Å². The highest BCUT2D eigenvalue weighted by molar-refractivity contribution is 8.05. The van der Waals surface area contributed by atoms with Crippen LogP contribution >= 0.6 is 23.5 Å². The molecule has 2 aromatic rings.